The SMILES string of the molecule is CC1(C)N=CC(=C2C=NC(C)(C)C2=O)C1=O. The molecule has 4 heteroatoms. The van der Waals surface area contributed by atoms with Crippen molar-refractivity contribution in [1.29, 1.82) is 0 Å². The number of Topliss-reactive ketones (excluding diaryl/α,β-unsaturated/α-hetero) is 2. The van der Waals surface area contributed by atoms with Gasteiger partial charge in [0.25, 0.3) is 0 Å². The van der Waals surface area contributed by atoms with Crippen LogP contribution in [0.1, 0.15) is 27.7 Å². The molecule has 0 spiro atoms. The number of aliphatic imine (C=N–C) groups is 2. The molecule has 0 radical (unpaired) electrons. The predicted octanol–water partition coefficient (Wildman–Crippen LogP) is 1.15. The van der Waals surface area contributed by atoms with E-state index >= 15 is 0 Å². The van der Waals surface area contributed by atoms with E-state index in [-0.39, 0.29) is 11.6 Å². The fourth-order valence-corrected chi connectivity index (χ4v) is 1.73. The molecule has 0 aliphatic carbocycles. The Labute approximate surface area is 94.2 Å². The van der Waals surface area contributed by atoms with Gasteiger partial charge in [-0.1, -0.05) is 0 Å². The van der Waals surface area contributed by atoms with Crippen molar-refractivity contribution in [2.45, 2.75) is 38.8 Å². The molecular weight excluding hydrogens is 204 g/mol. The second kappa shape index (κ2) is 2.97. The number of ketones is 2. The molecule has 0 N–H and O–H groups in total. The van der Waals surface area contributed by atoms with Gasteiger partial charge in [-0.05, 0) is 27.7 Å². The minimum atomic E-state index is -0.747. The lowest BCUT2D eigenvalue weighted by Gasteiger charge is -2.13. The molecule has 0 bridgehead atoms. The van der Waals surface area contributed by atoms with E-state index in [1.807, 2.05) is 0 Å². The van der Waals surface area contributed by atoms with Gasteiger partial charge in [0, 0.05) is 12.4 Å². The van der Waals surface area contributed by atoms with E-state index in [0.717, 1.165) is 0 Å². The van der Waals surface area contributed by atoms with Crippen molar-refractivity contribution in [2.24, 2.45) is 9.98 Å². The molecular formula is C12H14N2O2. The number of hydrogen-bond donors (Lipinski definition) is 0. The second-order valence-electron chi connectivity index (χ2n) is 5.12. The number of nitrogens with zero attached hydrogens (tertiary/aromatic N) is 2. The average molecular weight is 218 g/mol. The van der Waals surface area contributed by atoms with Crippen LogP contribution in [-0.4, -0.2) is 35.1 Å². The fraction of sp³-hybridized carbons (Fsp3) is 0.500. The average Bonchev–Trinajstić information content (AvgIpc) is 2.57. The van der Waals surface area contributed by atoms with Crippen molar-refractivity contribution in [1.82, 2.24) is 0 Å². The minimum absolute atomic E-state index is 0.111. The zero-order valence-electron chi connectivity index (χ0n) is 9.87. The molecule has 2 aliphatic rings. The molecule has 84 valence electrons. The van der Waals surface area contributed by atoms with Crippen LogP contribution in [0, 0.1) is 0 Å². The van der Waals surface area contributed by atoms with Crippen molar-refractivity contribution in [2.75, 3.05) is 0 Å². The summed E-state index contributed by atoms with van der Waals surface area (Å²) in [7, 11) is 0. The van der Waals surface area contributed by atoms with Crippen LogP contribution in [0.15, 0.2) is 21.1 Å². The Morgan fingerprint density at radius 1 is 0.812 bits per heavy atom. The van der Waals surface area contributed by atoms with Gasteiger partial charge in [-0.15, -0.1) is 0 Å². The van der Waals surface area contributed by atoms with Gasteiger partial charge in [-0.25, -0.2) is 0 Å². The third kappa shape index (κ3) is 1.37. The van der Waals surface area contributed by atoms with Crippen LogP contribution in [0.2, 0.25) is 0 Å². The fourth-order valence-electron chi connectivity index (χ4n) is 1.73. The zero-order chi connectivity index (χ0) is 12.1. The first-order valence-corrected chi connectivity index (χ1v) is 5.20. The Morgan fingerprint density at radius 3 is 1.31 bits per heavy atom. The van der Waals surface area contributed by atoms with Crippen molar-refractivity contribution in [3.05, 3.63) is 11.1 Å². The van der Waals surface area contributed by atoms with E-state index in [1.165, 1.54) is 12.4 Å². The van der Waals surface area contributed by atoms with Crippen LogP contribution in [0.4, 0.5) is 0 Å². The van der Waals surface area contributed by atoms with Gasteiger partial charge in [0.2, 0.25) is 0 Å². The Balaban J connectivity index is 2.49. The maximum atomic E-state index is 12.0. The highest BCUT2D eigenvalue weighted by atomic mass is 16.1. The van der Waals surface area contributed by atoms with Crippen molar-refractivity contribution >= 4 is 24.0 Å². The number of carbonyl (C=O) groups is 2. The number of hydrogen-bond acceptors (Lipinski definition) is 4. The lowest BCUT2D eigenvalue weighted by atomic mass is 9.90. The van der Waals surface area contributed by atoms with Crippen LogP contribution in [0.5, 0.6) is 0 Å². The molecule has 16 heavy (non-hydrogen) atoms. The minimum Gasteiger partial charge on any atom is -0.291 e. The molecule has 0 fully saturated rings. The Morgan fingerprint density at radius 2 is 1.12 bits per heavy atom. The standard InChI is InChI=1S/C12H14N2O2/c1-11(2)9(15)7(5-13-11)8-6-14-12(3,4)10(8)16/h5-6H,1-4H3. The highest BCUT2D eigenvalue weighted by Crippen LogP contribution is 2.29. The van der Waals surface area contributed by atoms with E-state index in [2.05, 4.69) is 9.98 Å². The molecule has 0 aromatic rings. The van der Waals surface area contributed by atoms with E-state index in [4.69, 9.17) is 0 Å². The van der Waals surface area contributed by atoms with Gasteiger partial charge < -0.3 is 0 Å². The summed E-state index contributed by atoms with van der Waals surface area (Å²) in [5.41, 5.74) is -0.708. The Bertz CT molecular complexity index is 435. The van der Waals surface area contributed by atoms with Crippen LogP contribution in [0.25, 0.3) is 0 Å². The molecule has 2 aliphatic heterocycles. The largest absolute Gasteiger partial charge is 0.291 e. The summed E-state index contributed by atoms with van der Waals surface area (Å²) in [5.74, 6) is -0.222. The van der Waals surface area contributed by atoms with Gasteiger partial charge in [-0.2, -0.15) is 0 Å². The van der Waals surface area contributed by atoms with Gasteiger partial charge >= 0.3 is 0 Å². The molecule has 0 aromatic carbocycles. The summed E-state index contributed by atoms with van der Waals surface area (Å²) in [6.45, 7) is 6.95. The number of rotatable bonds is 0. The molecule has 0 saturated carbocycles. The quantitative estimate of drug-likeness (QED) is 0.572. The first-order valence-electron chi connectivity index (χ1n) is 5.20. The lowest BCUT2D eigenvalue weighted by Crippen LogP contribution is -2.29. The third-order valence-corrected chi connectivity index (χ3v) is 2.92. The second-order valence-corrected chi connectivity index (χ2v) is 5.12. The zero-order valence-corrected chi connectivity index (χ0v) is 9.87. The summed E-state index contributed by atoms with van der Waals surface area (Å²) < 4.78 is 0. The van der Waals surface area contributed by atoms with Crippen molar-refractivity contribution in [3.63, 3.8) is 0 Å². The van der Waals surface area contributed by atoms with Gasteiger partial charge in [0.15, 0.2) is 11.6 Å². The highest BCUT2D eigenvalue weighted by molar-refractivity contribution is 6.33. The maximum absolute atomic E-state index is 12.0. The van der Waals surface area contributed by atoms with E-state index in [9.17, 15) is 9.59 Å². The van der Waals surface area contributed by atoms with Crippen molar-refractivity contribution in [3.8, 4) is 0 Å². The van der Waals surface area contributed by atoms with Gasteiger partial charge in [-0.3, -0.25) is 19.6 Å². The molecule has 0 unspecified atom stereocenters. The van der Waals surface area contributed by atoms with E-state index in [1.54, 1.807) is 27.7 Å². The summed E-state index contributed by atoms with van der Waals surface area (Å²) in [6.07, 6.45) is 2.98. The molecule has 0 amide bonds. The Hall–Kier alpha value is -1.58. The summed E-state index contributed by atoms with van der Waals surface area (Å²) in [5, 5.41) is 0. The third-order valence-electron chi connectivity index (χ3n) is 2.92. The highest BCUT2D eigenvalue weighted by Gasteiger charge is 2.41. The van der Waals surface area contributed by atoms with Crippen LogP contribution >= 0.6 is 0 Å². The van der Waals surface area contributed by atoms with Gasteiger partial charge in [0.05, 0.1) is 11.1 Å². The first kappa shape index (κ1) is 10.9. The summed E-state index contributed by atoms with van der Waals surface area (Å²) in [6, 6.07) is 0. The predicted molar refractivity (Wildman–Crippen MR) is 62.2 cm³/mol. The smallest absolute Gasteiger partial charge is 0.192 e. The first-order chi connectivity index (χ1) is 7.26. The molecule has 2 rings (SSSR count). The number of carbonyl (C=O) groups excluding carboxylic acids is 2. The van der Waals surface area contributed by atoms with Crippen molar-refractivity contribution < 1.29 is 9.59 Å². The molecule has 4 nitrogen and oxygen atoms in total. The van der Waals surface area contributed by atoms with Gasteiger partial charge in [0.1, 0.15) is 11.1 Å². The van der Waals surface area contributed by atoms with E-state index in [0.29, 0.717) is 11.1 Å². The molecule has 2 heterocycles. The molecule has 0 aromatic heterocycles. The van der Waals surface area contributed by atoms with Crippen LogP contribution < -0.4 is 0 Å². The monoisotopic (exact) mass is 218 g/mol. The summed E-state index contributed by atoms with van der Waals surface area (Å²) in [4.78, 5) is 32.2. The van der Waals surface area contributed by atoms with Crippen LogP contribution in [0.3, 0.4) is 0 Å². The molecule has 0 saturated heterocycles. The van der Waals surface area contributed by atoms with Crippen LogP contribution in [-0.2, 0) is 9.59 Å². The Kier molecular flexibility index (Phi) is 2.02. The summed E-state index contributed by atoms with van der Waals surface area (Å²) >= 11 is 0. The maximum Gasteiger partial charge on any atom is 0.192 e. The lowest BCUT2D eigenvalue weighted by molar-refractivity contribution is -0.120. The topological polar surface area (TPSA) is 58.9 Å². The molecule has 0 atom stereocenters. The van der Waals surface area contributed by atoms with E-state index < -0.39 is 11.1 Å². The normalized spacial score (nSPS) is 30.5.